The molecule has 3 aromatic rings. The first-order chi connectivity index (χ1) is 17.0. The molecule has 1 aliphatic heterocycles. The molecular weight excluding hydrogens is 437 g/mol. The van der Waals surface area contributed by atoms with E-state index in [4.69, 9.17) is 0 Å². The number of phenols is 1. The third kappa shape index (κ3) is 6.19. The molecule has 0 aliphatic carbocycles. The molecule has 0 bridgehead atoms. The molecular formula is C31H36FNO2. The molecule has 3 nitrogen and oxygen atoms in total. The first kappa shape index (κ1) is 25.2. The van der Waals surface area contributed by atoms with Crippen molar-refractivity contribution in [1.82, 2.24) is 4.90 Å². The van der Waals surface area contributed by atoms with Crippen LogP contribution in [0.15, 0.2) is 72.8 Å². The van der Waals surface area contributed by atoms with Crippen molar-refractivity contribution in [3.63, 3.8) is 0 Å². The molecule has 184 valence electrons. The predicted octanol–water partition coefficient (Wildman–Crippen LogP) is 6.85. The lowest BCUT2D eigenvalue weighted by Crippen LogP contribution is -2.37. The maximum absolute atomic E-state index is 13.7. The fraction of sp³-hybridized carbons (Fsp3) is 0.355. The third-order valence-electron chi connectivity index (χ3n) is 7.17. The fourth-order valence-corrected chi connectivity index (χ4v) is 5.13. The van der Waals surface area contributed by atoms with Crippen LogP contribution in [0.4, 0.5) is 4.39 Å². The Labute approximate surface area is 208 Å². The molecule has 0 radical (unpaired) electrons. The van der Waals surface area contributed by atoms with Crippen LogP contribution in [0, 0.1) is 5.82 Å². The summed E-state index contributed by atoms with van der Waals surface area (Å²) in [6.45, 7) is 6.89. The molecule has 35 heavy (non-hydrogen) atoms. The standard InChI is InChI=1S/C31H36FNO2/c1-22(2)33-19-17-24(18-20-33)23-5-7-26(8-6-23)31(27-11-15-29(35)16-12-27)30(4-3-21-34)25-9-13-28(32)14-10-25/h5-16,22,24,34-35H,3-4,17-21H2,1-2H3/b31-30+. The Balaban J connectivity index is 1.73. The van der Waals surface area contributed by atoms with E-state index in [1.165, 1.54) is 30.5 Å². The summed E-state index contributed by atoms with van der Waals surface area (Å²) in [4.78, 5) is 2.55. The number of halogens is 1. The van der Waals surface area contributed by atoms with E-state index < -0.39 is 0 Å². The van der Waals surface area contributed by atoms with Gasteiger partial charge in [0.05, 0.1) is 0 Å². The fourth-order valence-electron chi connectivity index (χ4n) is 5.13. The molecule has 4 heteroatoms. The monoisotopic (exact) mass is 473 g/mol. The first-order valence-corrected chi connectivity index (χ1v) is 12.7. The second-order valence-corrected chi connectivity index (χ2v) is 9.76. The number of hydrogen-bond donors (Lipinski definition) is 2. The first-order valence-electron chi connectivity index (χ1n) is 12.7. The van der Waals surface area contributed by atoms with E-state index in [0.717, 1.165) is 40.9 Å². The van der Waals surface area contributed by atoms with Gasteiger partial charge < -0.3 is 15.1 Å². The second-order valence-electron chi connectivity index (χ2n) is 9.76. The number of aliphatic hydroxyl groups is 1. The number of aliphatic hydroxyl groups excluding tert-OH is 1. The average Bonchev–Trinajstić information content (AvgIpc) is 2.88. The van der Waals surface area contributed by atoms with Gasteiger partial charge in [0.1, 0.15) is 11.6 Å². The number of phenolic OH excluding ortho intramolecular Hbond substituents is 1. The lowest BCUT2D eigenvalue weighted by Gasteiger charge is -2.34. The van der Waals surface area contributed by atoms with Crippen molar-refractivity contribution in [2.24, 2.45) is 0 Å². The molecule has 2 N–H and O–H groups in total. The van der Waals surface area contributed by atoms with Crippen LogP contribution in [0.5, 0.6) is 5.75 Å². The summed E-state index contributed by atoms with van der Waals surface area (Å²) in [5.74, 6) is 0.523. The van der Waals surface area contributed by atoms with E-state index in [9.17, 15) is 14.6 Å². The quantitative estimate of drug-likeness (QED) is 0.352. The van der Waals surface area contributed by atoms with Crippen LogP contribution < -0.4 is 0 Å². The molecule has 0 unspecified atom stereocenters. The summed E-state index contributed by atoms with van der Waals surface area (Å²) in [6.07, 6.45) is 3.62. The van der Waals surface area contributed by atoms with Crippen molar-refractivity contribution < 1.29 is 14.6 Å². The van der Waals surface area contributed by atoms with E-state index in [1.54, 1.807) is 24.3 Å². The van der Waals surface area contributed by atoms with Gasteiger partial charge in [0.15, 0.2) is 0 Å². The van der Waals surface area contributed by atoms with Crippen LogP contribution in [-0.4, -0.2) is 40.9 Å². The van der Waals surface area contributed by atoms with Crippen LogP contribution in [0.2, 0.25) is 0 Å². The summed E-state index contributed by atoms with van der Waals surface area (Å²) in [5.41, 5.74) is 6.48. The van der Waals surface area contributed by atoms with Gasteiger partial charge in [-0.2, -0.15) is 0 Å². The van der Waals surface area contributed by atoms with Crippen molar-refractivity contribution in [1.29, 1.82) is 0 Å². The van der Waals surface area contributed by atoms with E-state index in [2.05, 4.69) is 43.0 Å². The van der Waals surface area contributed by atoms with Gasteiger partial charge in [0, 0.05) is 12.6 Å². The van der Waals surface area contributed by atoms with Gasteiger partial charge in [-0.25, -0.2) is 4.39 Å². The van der Waals surface area contributed by atoms with Gasteiger partial charge in [-0.15, -0.1) is 0 Å². The molecule has 0 atom stereocenters. The highest BCUT2D eigenvalue weighted by Crippen LogP contribution is 2.37. The minimum absolute atomic E-state index is 0.0849. The minimum Gasteiger partial charge on any atom is -0.508 e. The molecule has 1 aliphatic rings. The zero-order chi connectivity index (χ0) is 24.8. The second kappa shape index (κ2) is 11.7. The number of allylic oxidation sites excluding steroid dienone is 1. The molecule has 0 spiro atoms. The Kier molecular flexibility index (Phi) is 8.37. The van der Waals surface area contributed by atoms with Gasteiger partial charge in [-0.3, -0.25) is 0 Å². The van der Waals surface area contributed by atoms with Crippen molar-refractivity contribution in [3.8, 4) is 5.75 Å². The van der Waals surface area contributed by atoms with Crippen LogP contribution in [0.1, 0.15) is 67.7 Å². The highest BCUT2D eigenvalue weighted by Gasteiger charge is 2.22. The van der Waals surface area contributed by atoms with Gasteiger partial charge in [0.2, 0.25) is 0 Å². The number of piperidine rings is 1. The van der Waals surface area contributed by atoms with E-state index in [-0.39, 0.29) is 18.2 Å². The smallest absolute Gasteiger partial charge is 0.123 e. The number of nitrogens with zero attached hydrogens (tertiary/aromatic N) is 1. The molecule has 1 fully saturated rings. The van der Waals surface area contributed by atoms with Crippen LogP contribution in [0.3, 0.4) is 0 Å². The summed E-state index contributed by atoms with van der Waals surface area (Å²) in [5, 5.41) is 19.5. The van der Waals surface area contributed by atoms with Crippen LogP contribution in [-0.2, 0) is 0 Å². The van der Waals surface area contributed by atoms with Crippen molar-refractivity contribution >= 4 is 11.1 Å². The van der Waals surface area contributed by atoms with Gasteiger partial charge in [-0.1, -0.05) is 48.5 Å². The predicted molar refractivity (Wildman–Crippen MR) is 142 cm³/mol. The topological polar surface area (TPSA) is 43.7 Å². The molecule has 0 saturated carbocycles. The van der Waals surface area contributed by atoms with Crippen molar-refractivity contribution in [2.75, 3.05) is 19.7 Å². The van der Waals surface area contributed by atoms with Gasteiger partial charge in [-0.05, 0) is 116 Å². The van der Waals surface area contributed by atoms with Crippen molar-refractivity contribution in [2.45, 2.75) is 51.5 Å². The highest BCUT2D eigenvalue weighted by molar-refractivity contribution is 5.98. The summed E-state index contributed by atoms with van der Waals surface area (Å²) >= 11 is 0. The molecule has 0 amide bonds. The number of aromatic hydroxyl groups is 1. The van der Waals surface area contributed by atoms with Crippen LogP contribution in [0.25, 0.3) is 11.1 Å². The maximum atomic E-state index is 13.7. The van der Waals surface area contributed by atoms with Gasteiger partial charge >= 0.3 is 0 Å². The highest BCUT2D eigenvalue weighted by atomic mass is 19.1. The Morgan fingerprint density at radius 2 is 1.40 bits per heavy atom. The molecule has 4 rings (SSSR count). The summed E-state index contributed by atoms with van der Waals surface area (Å²) in [7, 11) is 0. The zero-order valence-electron chi connectivity index (χ0n) is 20.8. The Morgan fingerprint density at radius 3 is 1.94 bits per heavy atom. The Hall–Kier alpha value is -2.95. The Bertz CT molecular complexity index is 1110. The zero-order valence-corrected chi connectivity index (χ0v) is 20.8. The molecule has 1 saturated heterocycles. The van der Waals surface area contributed by atoms with Gasteiger partial charge in [0.25, 0.3) is 0 Å². The average molecular weight is 474 g/mol. The number of likely N-dealkylation sites (tertiary alicyclic amines) is 1. The molecule has 0 aromatic heterocycles. The molecule has 1 heterocycles. The third-order valence-corrected chi connectivity index (χ3v) is 7.17. The lowest BCUT2D eigenvalue weighted by atomic mass is 9.85. The van der Waals surface area contributed by atoms with E-state index in [0.29, 0.717) is 24.8 Å². The van der Waals surface area contributed by atoms with Crippen LogP contribution >= 0.6 is 0 Å². The summed E-state index contributed by atoms with van der Waals surface area (Å²) in [6, 6.07) is 23.3. The normalized spacial score (nSPS) is 15.9. The Morgan fingerprint density at radius 1 is 0.857 bits per heavy atom. The van der Waals surface area contributed by atoms with E-state index in [1.807, 2.05) is 12.1 Å². The summed E-state index contributed by atoms with van der Waals surface area (Å²) < 4.78 is 13.7. The number of rotatable bonds is 8. The lowest BCUT2D eigenvalue weighted by molar-refractivity contribution is 0.172. The maximum Gasteiger partial charge on any atom is 0.123 e. The molecule has 3 aromatic carbocycles. The van der Waals surface area contributed by atoms with E-state index >= 15 is 0 Å². The van der Waals surface area contributed by atoms with Crippen molar-refractivity contribution in [3.05, 3.63) is 101 Å². The number of hydrogen-bond acceptors (Lipinski definition) is 3. The SMILES string of the molecule is CC(C)N1CCC(c2ccc(/C(=C(/CCCO)c3ccc(F)cc3)c3ccc(O)cc3)cc2)CC1. The largest absolute Gasteiger partial charge is 0.508 e. The number of benzene rings is 3. The minimum atomic E-state index is -0.269.